The van der Waals surface area contributed by atoms with Crippen LogP contribution in [-0.2, 0) is 6.42 Å². The molecule has 4 rings (SSSR count). The Labute approximate surface area is 171 Å². The number of thiophene rings is 1. The summed E-state index contributed by atoms with van der Waals surface area (Å²) in [5, 5.41) is 12.1. The summed E-state index contributed by atoms with van der Waals surface area (Å²) in [6.07, 6.45) is -0.118. The van der Waals surface area contributed by atoms with Crippen molar-refractivity contribution in [1.82, 2.24) is 4.98 Å². The quantitative estimate of drug-likeness (QED) is 0.397. The molecule has 0 aliphatic rings. The summed E-state index contributed by atoms with van der Waals surface area (Å²) in [6, 6.07) is 11.4. The molecular formula is C20H11ClFNO3S2. The smallest absolute Gasteiger partial charge is 0.337 e. The molecule has 0 unspecified atom stereocenters. The van der Waals surface area contributed by atoms with Gasteiger partial charge in [-0.1, -0.05) is 29.8 Å². The summed E-state index contributed by atoms with van der Waals surface area (Å²) in [7, 11) is 0. The highest BCUT2D eigenvalue weighted by Crippen LogP contribution is 2.35. The van der Waals surface area contributed by atoms with Gasteiger partial charge >= 0.3 is 5.97 Å². The van der Waals surface area contributed by atoms with Crippen LogP contribution in [0.25, 0.3) is 20.7 Å². The summed E-state index contributed by atoms with van der Waals surface area (Å²) in [5.41, 5.74) is 1.37. The molecule has 1 N–H and O–H groups in total. The van der Waals surface area contributed by atoms with Gasteiger partial charge < -0.3 is 5.11 Å². The molecular weight excluding hydrogens is 421 g/mol. The minimum atomic E-state index is -1.11. The van der Waals surface area contributed by atoms with Gasteiger partial charge in [-0.05, 0) is 40.8 Å². The van der Waals surface area contributed by atoms with Crippen LogP contribution in [0.1, 0.15) is 25.7 Å². The molecule has 0 saturated heterocycles. The first kappa shape index (κ1) is 18.7. The van der Waals surface area contributed by atoms with Gasteiger partial charge in [0.15, 0.2) is 10.8 Å². The number of aromatic carboxylic acids is 1. The number of halogens is 2. The Balaban J connectivity index is 1.69. The molecule has 0 atom stereocenters. The summed E-state index contributed by atoms with van der Waals surface area (Å²) in [6.45, 7) is 0. The van der Waals surface area contributed by atoms with Gasteiger partial charge in [-0.15, -0.1) is 22.7 Å². The molecule has 2 aromatic carbocycles. The van der Waals surface area contributed by atoms with E-state index in [4.69, 9.17) is 11.6 Å². The molecule has 140 valence electrons. The number of nitrogens with zero attached hydrogens (tertiary/aromatic N) is 1. The highest BCUT2D eigenvalue weighted by Gasteiger charge is 2.23. The van der Waals surface area contributed by atoms with Gasteiger partial charge in [0.2, 0.25) is 0 Å². The number of hydrogen-bond acceptors (Lipinski definition) is 5. The van der Waals surface area contributed by atoms with Crippen molar-refractivity contribution in [3.8, 4) is 10.4 Å². The molecule has 0 saturated carbocycles. The average Bonchev–Trinajstić information content (AvgIpc) is 3.27. The summed E-state index contributed by atoms with van der Waals surface area (Å²) < 4.78 is 14.4. The number of carbonyl (C=O) groups is 2. The zero-order chi connectivity index (χ0) is 19.8. The molecule has 0 aliphatic heterocycles. The number of rotatable bonds is 5. The van der Waals surface area contributed by atoms with Gasteiger partial charge in [-0.2, -0.15) is 0 Å². The fraction of sp³-hybridized carbons (Fsp3) is 0.0500. The van der Waals surface area contributed by atoms with Crippen molar-refractivity contribution in [2.75, 3.05) is 0 Å². The lowest BCUT2D eigenvalue weighted by Crippen LogP contribution is -2.07. The molecule has 0 spiro atoms. The van der Waals surface area contributed by atoms with Crippen molar-refractivity contribution in [1.29, 1.82) is 0 Å². The summed E-state index contributed by atoms with van der Waals surface area (Å²) >= 11 is 8.25. The standard InChI is InChI=1S/C20H11ClFNO3S2/c21-12-6-4-10(5-7-12)18-16(20(25)26)11(9-27-18)8-14(24)19-23-17-13(22)2-1-3-15(17)28-19/h1-7,9H,8H2,(H,25,26). The van der Waals surface area contributed by atoms with E-state index in [9.17, 15) is 19.1 Å². The topological polar surface area (TPSA) is 67.3 Å². The number of carboxylic acids is 1. The van der Waals surface area contributed by atoms with Crippen molar-refractivity contribution < 1.29 is 19.1 Å². The number of carboxylic acid groups (broad SMARTS) is 1. The summed E-state index contributed by atoms with van der Waals surface area (Å²) in [4.78, 5) is 29.2. The normalized spacial score (nSPS) is 11.1. The third-order valence-electron chi connectivity index (χ3n) is 4.15. The largest absolute Gasteiger partial charge is 0.478 e. The van der Waals surface area contributed by atoms with Crippen LogP contribution in [0.2, 0.25) is 5.02 Å². The van der Waals surface area contributed by atoms with Crippen LogP contribution in [0, 0.1) is 5.82 Å². The number of Topliss-reactive ketones (excluding diaryl/α,β-unsaturated/α-hetero) is 1. The second-order valence-corrected chi connectivity index (χ2v) is 8.33. The lowest BCUT2D eigenvalue weighted by atomic mass is 10.0. The maximum Gasteiger partial charge on any atom is 0.337 e. The van der Waals surface area contributed by atoms with Crippen molar-refractivity contribution in [2.45, 2.75) is 6.42 Å². The van der Waals surface area contributed by atoms with Crippen molar-refractivity contribution in [3.05, 3.63) is 74.8 Å². The Morgan fingerprint density at radius 1 is 1.14 bits per heavy atom. The third kappa shape index (κ3) is 3.44. The Hall–Kier alpha value is -2.61. The molecule has 4 aromatic rings. The molecule has 0 amide bonds. The molecule has 2 heterocycles. The van der Waals surface area contributed by atoms with Gasteiger partial charge in [-0.25, -0.2) is 14.2 Å². The first-order valence-electron chi connectivity index (χ1n) is 8.12. The highest BCUT2D eigenvalue weighted by atomic mass is 35.5. The molecule has 0 fully saturated rings. The molecule has 0 aliphatic carbocycles. The van der Waals surface area contributed by atoms with E-state index in [0.29, 0.717) is 25.7 Å². The van der Waals surface area contributed by atoms with E-state index in [1.165, 1.54) is 17.4 Å². The van der Waals surface area contributed by atoms with Crippen LogP contribution in [-0.4, -0.2) is 21.8 Å². The van der Waals surface area contributed by atoms with Gasteiger partial charge in [0.05, 0.1) is 10.3 Å². The van der Waals surface area contributed by atoms with Crippen LogP contribution in [0.4, 0.5) is 4.39 Å². The van der Waals surface area contributed by atoms with Gasteiger partial charge in [-0.3, -0.25) is 4.79 Å². The Bertz CT molecular complexity index is 1210. The fourth-order valence-electron chi connectivity index (χ4n) is 2.85. The van der Waals surface area contributed by atoms with Gasteiger partial charge in [0.25, 0.3) is 0 Å². The van der Waals surface area contributed by atoms with Crippen LogP contribution in [0.5, 0.6) is 0 Å². The van der Waals surface area contributed by atoms with E-state index in [-0.39, 0.29) is 28.3 Å². The van der Waals surface area contributed by atoms with Crippen LogP contribution < -0.4 is 0 Å². The van der Waals surface area contributed by atoms with E-state index in [1.54, 1.807) is 41.8 Å². The van der Waals surface area contributed by atoms with Crippen LogP contribution >= 0.6 is 34.3 Å². The predicted molar refractivity (Wildman–Crippen MR) is 109 cm³/mol. The first-order valence-corrected chi connectivity index (χ1v) is 10.2. The number of para-hydroxylation sites is 1. The number of fused-ring (bicyclic) bond motifs is 1. The van der Waals surface area contributed by atoms with E-state index in [0.717, 1.165) is 11.3 Å². The lowest BCUT2D eigenvalue weighted by Gasteiger charge is -2.03. The molecule has 0 radical (unpaired) electrons. The highest BCUT2D eigenvalue weighted by molar-refractivity contribution is 7.20. The van der Waals surface area contributed by atoms with E-state index in [1.807, 2.05) is 0 Å². The Kier molecular flexibility index (Phi) is 4.97. The zero-order valence-corrected chi connectivity index (χ0v) is 16.5. The van der Waals surface area contributed by atoms with Gasteiger partial charge in [0.1, 0.15) is 11.3 Å². The number of hydrogen-bond donors (Lipinski definition) is 1. The van der Waals surface area contributed by atoms with Crippen LogP contribution in [0.15, 0.2) is 47.8 Å². The Morgan fingerprint density at radius 3 is 2.57 bits per heavy atom. The zero-order valence-electron chi connectivity index (χ0n) is 14.1. The monoisotopic (exact) mass is 431 g/mol. The number of thiazole rings is 1. The molecule has 4 nitrogen and oxygen atoms in total. The number of aromatic nitrogens is 1. The number of carbonyl (C=O) groups excluding carboxylic acids is 1. The van der Waals surface area contributed by atoms with Crippen molar-refractivity contribution in [2.24, 2.45) is 0 Å². The molecule has 2 aromatic heterocycles. The SMILES string of the molecule is O=C(Cc1csc(-c2ccc(Cl)cc2)c1C(=O)O)c1nc2c(F)cccc2s1. The average molecular weight is 432 g/mol. The van der Waals surface area contributed by atoms with Gasteiger partial charge in [0, 0.05) is 16.3 Å². The summed E-state index contributed by atoms with van der Waals surface area (Å²) in [5.74, 6) is -1.94. The van der Waals surface area contributed by atoms with Crippen molar-refractivity contribution in [3.63, 3.8) is 0 Å². The fourth-order valence-corrected chi connectivity index (χ4v) is 4.97. The lowest BCUT2D eigenvalue weighted by molar-refractivity contribution is 0.0697. The molecule has 0 bridgehead atoms. The second kappa shape index (κ2) is 7.43. The minimum absolute atomic E-state index is 0.0907. The molecule has 28 heavy (non-hydrogen) atoms. The van der Waals surface area contributed by atoms with Crippen LogP contribution in [0.3, 0.4) is 0 Å². The maximum absolute atomic E-state index is 13.8. The second-order valence-electron chi connectivity index (χ2n) is 5.98. The number of benzene rings is 2. The number of ketones is 1. The minimum Gasteiger partial charge on any atom is -0.478 e. The third-order valence-corrected chi connectivity index (χ3v) is 6.54. The van der Waals surface area contributed by atoms with E-state index in [2.05, 4.69) is 4.98 Å². The van der Waals surface area contributed by atoms with E-state index >= 15 is 0 Å². The molecule has 8 heteroatoms. The van der Waals surface area contributed by atoms with Crippen molar-refractivity contribution >= 4 is 56.2 Å². The maximum atomic E-state index is 13.8. The Morgan fingerprint density at radius 2 is 1.89 bits per heavy atom. The van der Waals surface area contributed by atoms with E-state index < -0.39 is 11.8 Å². The predicted octanol–water partition coefficient (Wildman–Crippen LogP) is 5.94. The first-order chi connectivity index (χ1) is 13.4.